The molecule has 0 aliphatic heterocycles. The fourth-order valence-electron chi connectivity index (χ4n) is 3.33. The zero-order valence-electron chi connectivity index (χ0n) is 14.9. The Labute approximate surface area is 162 Å². The van der Waals surface area contributed by atoms with Crippen molar-refractivity contribution < 1.29 is 18.3 Å². The second kappa shape index (κ2) is 8.32. The minimum Gasteiger partial charge on any atom is -0.465 e. The van der Waals surface area contributed by atoms with Gasteiger partial charge >= 0.3 is 6.09 Å². The van der Waals surface area contributed by atoms with E-state index in [4.69, 9.17) is 5.11 Å². The van der Waals surface area contributed by atoms with Crippen molar-refractivity contribution in [2.24, 2.45) is 0 Å². The molecule has 1 amide bonds. The molecule has 0 radical (unpaired) electrons. The first-order valence-electron chi connectivity index (χ1n) is 8.80. The Bertz CT molecular complexity index is 905. The van der Waals surface area contributed by atoms with Crippen LogP contribution in [0, 0.1) is 0 Å². The van der Waals surface area contributed by atoms with Crippen molar-refractivity contribution in [1.29, 1.82) is 0 Å². The van der Waals surface area contributed by atoms with E-state index in [0.717, 1.165) is 35.6 Å². The van der Waals surface area contributed by atoms with Crippen LogP contribution >= 0.6 is 11.3 Å². The molecular formula is C17H22N4O4S2. The summed E-state index contributed by atoms with van der Waals surface area (Å²) in [5.74, 6) is 0.270. The molecule has 2 aromatic heterocycles. The molecule has 1 aliphatic rings. The molecule has 3 rings (SSSR count). The molecular weight excluding hydrogens is 388 g/mol. The van der Waals surface area contributed by atoms with Crippen LogP contribution in [-0.2, 0) is 10.0 Å². The third-order valence-electron chi connectivity index (χ3n) is 4.60. The van der Waals surface area contributed by atoms with Crippen molar-refractivity contribution in [3.63, 3.8) is 0 Å². The monoisotopic (exact) mass is 410 g/mol. The Morgan fingerprint density at radius 1 is 1.30 bits per heavy atom. The lowest BCUT2D eigenvalue weighted by molar-refractivity contribution is 0.185. The van der Waals surface area contributed by atoms with E-state index in [9.17, 15) is 13.2 Å². The number of rotatable bonds is 6. The van der Waals surface area contributed by atoms with E-state index in [1.807, 2.05) is 0 Å². The van der Waals surface area contributed by atoms with Crippen LogP contribution in [0.3, 0.4) is 0 Å². The molecule has 0 unspecified atom stereocenters. The van der Waals surface area contributed by atoms with Crippen molar-refractivity contribution in [2.75, 3.05) is 6.54 Å². The van der Waals surface area contributed by atoms with Gasteiger partial charge in [0.1, 0.15) is 4.90 Å². The number of carboxylic acid groups (broad SMARTS) is 1. The normalized spacial score (nSPS) is 20.3. The summed E-state index contributed by atoms with van der Waals surface area (Å²) in [6.07, 6.45) is 6.93. The van der Waals surface area contributed by atoms with Gasteiger partial charge in [0.05, 0.1) is 9.88 Å². The first-order valence-corrected chi connectivity index (χ1v) is 11.1. The van der Waals surface area contributed by atoms with Crippen molar-refractivity contribution in [3.05, 3.63) is 29.7 Å². The number of aromatic nitrogens is 2. The van der Waals surface area contributed by atoms with Crippen LogP contribution in [0.4, 0.5) is 4.79 Å². The minimum absolute atomic E-state index is 0.00440. The summed E-state index contributed by atoms with van der Waals surface area (Å²) in [4.78, 5) is 20.2. The maximum atomic E-state index is 12.4. The number of nitrogens with zero attached hydrogens (tertiary/aromatic N) is 2. The molecule has 3 N–H and O–H groups in total. The van der Waals surface area contributed by atoms with Crippen LogP contribution in [0.1, 0.15) is 43.5 Å². The molecule has 8 nitrogen and oxygen atoms in total. The predicted molar refractivity (Wildman–Crippen MR) is 102 cm³/mol. The molecule has 1 aliphatic carbocycles. The highest BCUT2D eigenvalue weighted by Gasteiger charge is 2.26. The summed E-state index contributed by atoms with van der Waals surface area (Å²) in [5, 5.41) is 12.3. The third kappa shape index (κ3) is 4.63. The second-order valence-corrected chi connectivity index (χ2v) is 9.23. The Hall–Kier alpha value is -2.04. The van der Waals surface area contributed by atoms with Crippen molar-refractivity contribution >= 4 is 27.5 Å². The fourth-order valence-corrected chi connectivity index (χ4v) is 5.72. The molecule has 146 valence electrons. The van der Waals surface area contributed by atoms with Crippen molar-refractivity contribution in [2.45, 2.75) is 49.5 Å². The van der Waals surface area contributed by atoms with Gasteiger partial charge in [0.15, 0.2) is 0 Å². The molecule has 1 fully saturated rings. The van der Waals surface area contributed by atoms with E-state index in [-0.39, 0.29) is 16.9 Å². The maximum absolute atomic E-state index is 12.4. The molecule has 2 heterocycles. The lowest BCUT2D eigenvalue weighted by Gasteiger charge is -2.27. The first kappa shape index (κ1) is 19.7. The fraction of sp³-hybridized carbons (Fsp3) is 0.471. The quantitative estimate of drug-likeness (QED) is 0.673. The minimum atomic E-state index is -3.62. The first-order chi connectivity index (χ1) is 12.9. The average molecular weight is 411 g/mol. The van der Waals surface area contributed by atoms with Gasteiger partial charge in [-0.15, -0.1) is 11.3 Å². The molecule has 0 atom stereocenters. The molecule has 27 heavy (non-hydrogen) atoms. The van der Waals surface area contributed by atoms with Gasteiger partial charge in [-0.2, -0.15) is 0 Å². The number of hydrogen-bond donors (Lipinski definition) is 3. The molecule has 0 saturated heterocycles. The Morgan fingerprint density at radius 2 is 2.04 bits per heavy atom. The number of amides is 1. The second-order valence-electron chi connectivity index (χ2n) is 6.43. The van der Waals surface area contributed by atoms with Gasteiger partial charge in [-0.1, -0.05) is 6.92 Å². The highest BCUT2D eigenvalue weighted by atomic mass is 32.2. The summed E-state index contributed by atoms with van der Waals surface area (Å²) in [6, 6.07) is 1.69. The smallest absolute Gasteiger partial charge is 0.404 e. The van der Waals surface area contributed by atoms with E-state index in [1.165, 1.54) is 17.5 Å². The van der Waals surface area contributed by atoms with Gasteiger partial charge < -0.3 is 10.4 Å². The number of hydrogen-bond acceptors (Lipinski definition) is 6. The van der Waals surface area contributed by atoms with Gasteiger partial charge in [-0.3, -0.25) is 4.98 Å². The highest BCUT2D eigenvalue weighted by molar-refractivity contribution is 7.89. The summed E-state index contributed by atoms with van der Waals surface area (Å²) < 4.78 is 27.4. The number of carbonyl (C=O) groups is 1. The third-order valence-corrected chi connectivity index (χ3v) is 7.37. The Morgan fingerprint density at radius 3 is 2.70 bits per heavy atom. The number of nitrogens with one attached hydrogen (secondary N) is 2. The zero-order valence-corrected chi connectivity index (χ0v) is 16.5. The standard InChI is InChI=1S/C17H22N4O4S2/c1-2-20-27(24,25)15-10-18-8-7-13(15)14-9-19-16(26-14)11-3-5-12(6-4-11)21-17(22)23/h7-12,20-21H,2-6H2,1H3,(H,22,23). The van der Waals surface area contributed by atoms with Crippen molar-refractivity contribution in [1.82, 2.24) is 20.0 Å². The number of thiazole rings is 1. The molecule has 0 spiro atoms. The maximum Gasteiger partial charge on any atom is 0.404 e. The van der Waals surface area contributed by atoms with Gasteiger partial charge in [-0.25, -0.2) is 22.9 Å². The van der Waals surface area contributed by atoms with E-state index in [0.29, 0.717) is 12.1 Å². The summed E-state index contributed by atoms with van der Waals surface area (Å²) in [6.45, 7) is 2.03. The predicted octanol–water partition coefficient (Wildman–Crippen LogP) is 2.80. The largest absolute Gasteiger partial charge is 0.465 e. The van der Waals surface area contributed by atoms with E-state index in [1.54, 1.807) is 25.4 Å². The summed E-state index contributed by atoms with van der Waals surface area (Å²) in [5.41, 5.74) is 0.593. The molecule has 10 heteroatoms. The summed E-state index contributed by atoms with van der Waals surface area (Å²) >= 11 is 1.49. The van der Waals surface area contributed by atoms with Gasteiger partial charge in [0.2, 0.25) is 10.0 Å². The van der Waals surface area contributed by atoms with E-state index >= 15 is 0 Å². The SMILES string of the molecule is CCNS(=O)(=O)c1cnccc1-c1cnc(C2CCC(NC(=O)O)CC2)s1. The lowest BCUT2D eigenvalue weighted by Crippen LogP contribution is -2.36. The summed E-state index contributed by atoms with van der Waals surface area (Å²) in [7, 11) is -3.62. The highest BCUT2D eigenvalue weighted by Crippen LogP contribution is 2.38. The molecule has 0 bridgehead atoms. The Kier molecular flexibility index (Phi) is 6.08. The number of pyridine rings is 1. The Balaban J connectivity index is 1.79. The lowest BCUT2D eigenvalue weighted by atomic mass is 9.86. The van der Waals surface area contributed by atoms with E-state index in [2.05, 4.69) is 20.0 Å². The topological polar surface area (TPSA) is 121 Å². The van der Waals surface area contributed by atoms with Crippen LogP contribution in [0.25, 0.3) is 10.4 Å². The van der Waals surface area contributed by atoms with Gasteiger partial charge in [0, 0.05) is 42.7 Å². The van der Waals surface area contributed by atoms with Gasteiger partial charge in [-0.05, 0) is 31.7 Å². The van der Waals surface area contributed by atoms with Crippen LogP contribution in [0.2, 0.25) is 0 Å². The van der Waals surface area contributed by atoms with E-state index < -0.39 is 16.1 Å². The average Bonchev–Trinajstić information content (AvgIpc) is 3.12. The van der Waals surface area contributed by atoms with Gasteiger partial charge in [0.25, 0.3) is 0 Å². The zero-order chi connectivity index (χ0) is 19.4. The molecule has 0 aromatic carbocycles. The number of sulfonamides is 1. The molecule has 2 aromatic rings. The van der Waals surface area contributed by atoms with Crippen LogP contribution in [0.5, 0.6) is 0 Å². The molecule has 1 saturated carbocycles. The van der Waals surface area contributed by atoms with Crippen LogP contribution in [0.15, 0.2) is 29.6 Å². The van der Waals surface area contributed by atoms with Crippen LogP contribution in [-0.4, -0.2) is 42.2 Å². The van der Waals surface area contributed by atoms with Crippen molar-refractivity contribution in [3.8, 4) is 10.4 Å². The van der Waals surface area contributed by atoms with Crippen LogP contribution < -0.4 is 10.0 Å².